The number of nitrogens with zero attached hydrogens (tertiary/aromatic N) is 1. The van der Waals surface area contributed by atoms with Crippen LogP contribution in [0.4, 0.5) is 13.2 Å². The number of carbonyl (C=O) groups excluding carboxylic acids is 1. The quantitative estimate of drug-likeness (QED) is 0.816. The molecule has 0 saturated heterocycles. The predicted molar refractivity (Wildman–Crippen MR) is 99.7 cm³/mol. The normalized spacial score (nSPS) is 28.7. The molecule has 2 fully saturated rings. The summed E-state index contributed by atoms with van der Waals surface area (Å²) in [5, 5.41) is 0. The van der Waals surface area contributed by atoms with Crippen molar-refractivity contribution < 1.29 is 18.0 Å². The lowest BCUT2D eigenvalue weighted by Crippen LogP contribution is -2.51. The lowest BCUT2D eigenvalue weighted by molar-refractivity contribution is -0.189. The minimum absolute atomic E-state index is 0.0112. The van der Waals surface area contributed by atoms with Crippen LogP contribution in [-0.2, 0) is 4.79 Å². The Bertz CT molecular complexity index is 678. The smallest absolute Gasteiger partial charge is 0.328 e. The molecule has 1 amide bonds. The van der Waals surface area contributed by atoms with Crippen molar-refractivity contribution in [3.8, 4) is 0 Å². The molecular weight excluding hydrogens is 353 g/mol. The van der Waals surface area contributed by atoms with Gasteiger partial charge in [-0.15, -0.1) is 0 Å². The number of hydrogen-bond acceptors (Lipinski definition) is 2. The van der Waals surface area contributed by atoms with Gasteiger partial charge < -0.3 is 10.6 Å². The molecule has 1 aromatic rings. The summed E-state index contributed by atoms with van der Waals surface area (Å²) in [6.07, 6.45) is 1.04. The maximum atomic E-state index is 13.2. The Balaban J connectivity index is 1.79. The fourth-order valence-electron chi connectivity index (χ4n) is 4.24. The van der Waals surface area contributed by atoms with Gasteiger partial charge in [-0.2, -0.15) is 13.2 Å². The summed E-state index contributed by atoms with van der Waals surface area (Å²) in [4.78, 5) is 13.3. The highest BCUT2D eigenvalue weighted by Crippen LogP contribution is 2.46. The predicted octanol–water partition coefficient (Wildman–Crippen LogP) is 4.53. The van der Waals surface area contributed by atoms with Crippen LogP contribution in [0.3, 0.4) is 0 Å². The maximum absolute atomic E-state index is 13.2. The molecule has 2 atom stereocenters. The molecule has 148 valence electrons. The summed E-state index contributed by atoms with van der Waals surface area (Å²) < 4.78 is 39.7. The summed E-state index contributed by atoms with van der Waals surface area (Å²) in [6, 6.07) is 9.09. The van der Waals surface area contributed by atoms with Gasteiger partial charge in [0.05, 0.1) is 0 Å². The van der Waals surface area contributed by atoms with Crippen LogP contribution < -0.4 is 5.73 Å². The van der Waals surface area contributed by atoms with Gasteiger partial charge in [-0.3, -0.25) is 4.79 Å². The third-order valence-electron chi connectivity index (χ3n) is 5.76. The molecule has 2 unspecified atom stereocenters. The Labute approximate surface area is 158 Å². The molecule has 0 aromatic heterocycles. The van der Waals surface area contributed by atoms with E-state index in [4.69, 9.17) is 5.73 Å². The lowest BCUT2D eigenvalue weighted by atomic mass is 9.90. The second kappa shape index (κ2) is 8.05. The van der Waals surface area contributed by atoms with Crippen molar-refractivity contribution in [1.29, 1.82) is 0 Å². The van der Waals surface area contributed by atoms with E-state index in [0.29, 0.717) is 32.1 Å². The van der Waals surface area contributed by atoms with Crippen LogP contribution in [-0.4, -0.2) is 35.1 Å². The molecule has 0 radical (unpaired) electrons. The van der Waals surface area contributed by atoms with E-state index in [2.05, 4.69) is 6.08 Å². The summed E-state index contributed by atoms with van der Waals surface area (Å²) >= 11 is 0. The van der Waals surface area contributed by atoms with Crippen LogP contribution in [0.25, 0.3) is 6.08 Å². The Morgan fingerprint density at radius 1 is 1.19 bits per heavy atom. The van der Waals surface area contributed by atoms with Crippen molar-refractivity contribution in [2.75, 3.05) is 0 Å². The average Bonchev–Trinajstić information content (AvgIpc) is 3.41. The van der Waals surface area contributed by atoms with Gasteiger partial charge in [-0.1, -0.05) is 48.9 Å². The van der Waals surface area contributed by atoms with Crippen LogP contribution in [0.15, 0.2) is 35.9 Å². The van der Waals surface area contributed by atoms with E-state index in [1.165, 1.54) is 0 Å². The van der Waals surface area contributed by atoms with Gasteiger partial charge in [-0.05, 0) is 44.1 Å². The van der Waals surface area contributed by atoms with Crippen LogP contribution in [0.1, 0.15) is 51.0 Å². The summed E-state index contributed by atoms with van der Waals surface area (Å²) in [7, 11) is 0. The van der Waals surface area contributed by atoms with Crippen molar-refractivity contribution >= 4 is 12.0 Å². The van der Waals surface area contributed by atoms with Gasteiger partial charge in [-0.25, -0.2) is 0 Å². The average molecular weight is 380 g/mol. The second-order valence-electron chi connectivity index (χ2n) is 7.67. The molecule has 3 rings (SSSR count). The molecule has 2 N–H and O–H groups in total. The minimum atomic E-state index is -4.83. The standard InChI is InChI=1S/C21H27F3N2O/c1-2-15(12-14-6-4-3-5-7-14)18-13-19(18)26(20(27)21(22,23)24)17-10-8-16(25)9-11-17/h3-7,12,16-19H,2,8-11,13,25H2,1H3/b15-12+/t16-,17-,18?,19?. The fraction of sp³-hybridized carbons (Fsp3) is 0.571. The second-order valence-corrected chi connectivity index (χ2v) is 7.67. The first-order valence-corrected chi connectivity index (χ1v) is 9.71. The first kappa shape index (κ1) is 19.9. The van der Waals surface area contributed by atoms with Crippen LogP contribution >= 0.6 is 0 Å². The van der Waals surface area contributed by atoms with Crippen molar-refractivity contribution in [1.82, 2.24) is 4.90 Å². The molecule has 27 heavy (non-hydrogen) atoms. The summed E-state index contributed by atoms with van der Waals surface area (Å²) in [5.41, 5.74) is 8.05. The van der Waals surface area contributed by atoms with E-state index in [0.717, 1.165) is 22.5 Å². The van der Waals surface area contributed by atoms with Crippen molar-refractivity contribution in [3.63, 3.8) is 0 Å². The largest absolute Gasteiger partial charge is 0.471 e. The molecule has 0 heterocycles. The summed E-state index contributed by atoms with van der Waals surface area (Å²) in [5.74, 6) is -1.68. The van der Waals surface area contributed by atoms with Crippen LogP contribution in [0, 0.1) is 5.92 Å². The van der Waals surface area contributed by atoms with Gasteiger partial charge in [0.25, 0.3) is 0 Å². The summed E-state index contributed by atoms with van der Waals surface area (Å²) in [6.45, 7) is 2.01. The molecule has 0 bridgehead atoms. The van der Waals surface area contributed by atoms with Crippen molar-refractivity contribution in [2.45, 2.75) is 69.8 Å². The number of halogens is 3. The van der Waals surface area contributed by atoms with E-state index < -0.39 is 12.1 Å². The number of carbonyl (C=O) groups is 1. The van der Waals surface area contributed by atoms with E-state index in [-0.39, 0.29) is 24.0 Å². The number of rotatable bonds is 5. The Hall–Kier alpha value is -1.82. The zero-order valence-electron chi connectivity index (χ0n) is 15.6. The van der Waals surface area contributed by atoms with Gasteiger partial charge >= 0.3 is 12.1 Å². The minimum Gasteiger partial charge on any atom is -0.328 e. The molecule has 0 aliphatic heterocycles. The van der Waals surface area contributed by atoms with Crippen molar-refractivity contribution in [2.24, 2.45) is 11.7 Å². The number of amides is 1. The highest BCUT2D eigenvalue weighted by atomic mass is 19.4. The lowest BCUT2D eigenvalue weighted by Gasteiger charge is -2.37. The number of nitrogens with two attached hydrogens (primary N) is 1. The molecule has 6 heteroatoms. The topological polar surface area (TPSA) is 46.3 Å². The Morgan fingerprint density at radius 2 is 1.81 bits per heavy atom. The molecule has 1 aromatic carbocycles. The third-order valence-corrected chi connectivity index (χ3v) is 5.76. The molecule has 0 spiro atoms. The molecule has 3 nitrogen and oxygen atoms in total. The highest BCUT2D eigenvalue weighted by molar-refractivity contribution is 5.83. The van der Waals surface area contributed by atoms with Crippen LogP contribution in [0.2, 0.25) is 0 Å². The zero-order valence-corrected chi connectivity index (χ0v) is 15.6. The van der Waals surface area contributed by atoms with Gasteiger partial charge in [0.1, 0.15) is 0 Å². The van der Waals surface area contributed by atoms with Gasteiger partial charge in [0, 0.05) is 24.0 Å². The first-order chi connectivity index (χ1) is 12.8. The van der Waals surface area contributed by atoms with Crippen LogP contribution in [0.5, 0.6) is 0 Å². The number of benzene rings is 1. The van der Waals surface area contributed by atoms with E-state index in [9.17, 15) is 18.0 Å². The number of alkyl halides is 3. The zero-order chi connectivity index (χ0) is 19.6. The van der Waals surface area contributed by atoms with E-state index in [1.807, 2.05) is 37.3 Å². The van der Waals surface area contributed by atoms with E-state index >= 15 is 0 Å². The number of hydrogen-bond donors (Lipinski definition) is 1. The fourth-order valence-corrected chi connectivity index (χ4v) is 4.24. The van der Waals surface area contributed by atoms with Gasteiger partial charge in [0.2, 0.25) is 0 Å². The Kier molecular flexibility index (Phi) is 5.94. The van der Waals surface area contributed by atoms with Crippen molar-refractivity contribution in [3.05, 3.63) is 41.5 Å². The van der Waals surface area contributed by atoms with E-state index in [1.54, 1.807) is 0 Å². The maximum Gasteiger partial charge on any atom is 0.471 e. The molecule has 2 aliphatic carbocycles. The SMILES string of the molecule is CC/C(=C\c1ccccc1)C1CC1N(C(=O)C(F)(F)F)[C@H]1CC[C@H](N)CC1. The third kappa shape index (κ3) is 4.72. The monoisotopic (exact) mass is 380 g/mol. The molecule has 2 aliphatic rings. The first-order valence-electron chi connectivity index (χ1n) is 9.71. The Morgan fingerprint density at radius 3 is 2.37 bits per heavy atom. The molecule has 2 saturated carbocycles. The molecular formula is C21H27F3N2O. The highest BCUT2D eigenvalue weighted by Gasteiger charge is 2.54. The van der Waals surface area contributed by atoms with Gasteiger partial charge in [0.15, 0.2) is 0 Å².